The summed E-state index contributed by atoms with van der Waals surface area (Å²) in [5.74, 6) is -8.78. The molecule has 0 aromatic heterocycles. The topological polar surface area (TPSA) is 203 Å². The van der Waals surface area contributed by atoms with Crippen molar-refractivity contribution in [3.05, 3.63) is 83.5 Å². The van der Waals surface area contributed by atoms with Gasteiger partial charge in [-0.3, -0.25) is 24.0 Å². The Morgan fingerprint density at radius 2 is 1.58 bits per heavy atom. The number of esters is 1. The number of methoxy groups -OCH3 is 2. The maximum absolute atomic E-state index is 14.5. The van der Waals surface area contributed by atoms with Crippen molar-refractivity contribution in [1.82, 2.24) is 4.90 Å². The molecule has 3 N–H and O–H groups in total. The fourth-order valence-corrected chi connectivity index (χ4v) is 11.2. The molecule has 14 nitrogen and oxygen atoms in total. The minimum atomic E-state index is -2.50. The zero-order chi connectivity index (χ0) is 52.9. The van der Waals surface area contributed by atoms with Crippen LogP contribution in [0.5, 0.6) is 0 Å². The second-order valence-corrected chi connectivity index (χ2v) is 21.6. The van der Waals surface area contributed by atoms with Gasteiger partial charge in [0.25, 0.3) is 11.7 Å². The fraction of sp³-hybridized carbons (Fsp3) is 0.655. The third kappa shape index (κ3) is 15.3. The Hall–Kier alpha value is -4.44. The third-order valence-electron chi connectivity index (χ3n) is 15.9. The number of amides is 1. The lowest BCUT2D eigenvalue weighted by Gasteiger charge is -2.43. The number of hydrogen-bond acceptors (Lipinski definition) is 13. The minimum absolute atomic E-state index is 0.0228. The van der Waals surface area contributed by atoms with Crippen molar-refractivity contribution in [3.8, 4) is 0 Å². The molecule has 3 fully saturated rings. The first kappa shape index (κ1) is 58.4. The molecule has 0 radical (unpaired) electrons. The first-order valence-corrected chi connectivity index (χ1v) is 26.4. The van der Waals surface area contributed by atoms with Gasteiger partial charge in [-0.1, -0.05) is 107 Å². The molecule has 3 heterocycles. The van der Waals surface area contributed by atoms with Crippen molar-refractivity contribution in [1.29, 1.82) is 0 Å². The number of fused-ring (bicyclic) bond motifs is 3. The van der Waals surface area contributed by atoms with Crippen molar-refractivity contribution in [2.75, 3.05) is 20.8 Å². The van der Waals surface area contributed by atoms with E-state index in [0.717, 1.165) is 5.57 Å². The van der Waals surface area contributed by atoms with Crippen molar-refractivity contribution in [2.24, 2.45) is 41.4 Å². The summed E-state index contributed by atoms with van der Waals surface area (Å²) in [5.41, 5.74) is 1.80. The molecule has 1 aromatic carbocycles. The zero-order valence-corrected chi connectivity index (χ0v) is 44.2. The van der Waals surface area contributed by atoms with Gasteiger partial charge in [0, 0.05) is 56.9 Å². The molecule has 5 rings (SSSR count). The van der Waals surface area contributed by atoms with Crippen LogP contribution in [0.3, 0.4) is 0 Å². The predicted molar refractivity (Wildman–Crippen MR) is 273 cm³/mol. The average molecular weight is 1000 g/mol. The van der Waals surface area contributed by atoms with Crippen LogP contribution in [-0.4, -0.2) is 124 Å². The number of hydrogen-bond donors (Lipinski definition) is 3. The Labute approximate surface area is 427 Å². The molecule has 1 aliphatic carbocycles. The molecule has 2 bridgehead atoms. The number of ketones is 4. The van der Waals surface area contributed by atoms with Crippen LogP contribution in [0.25, 0.3) is 0 Å². The van der Waals surface area contributed by atoms with Crippen LogP contribution >= 0.6 is 0 Å². The Balaban J connectivity index is 1.50. The lowest BCUT2D eigenvalue weighted by molar-refractivity contribution is -0.264. The zero-order valence-electron chi connectivity index (χ0n) is 44.2. The second kappa shape index (κ2) is 27.2. The molecular weight excluding hydrogens is 919 g/mol. The summed E-state index contributed by atoms with van der Waals surface area (Å²) in [6.07, 6.45) is 11.2. The number of carbonyl (C=O) groups is 6. The summed E-state index contributed by atoms with van der Waals surface area (Å²) in [6.45, 7) is 12.7. The molecule has 1 saturated carbocycles. The Bertz CT molecular complexity index is 2150. The van der Waals surface area contributed by atoms with E-state index >= 15 is 0 Å². The van der Waals surface area contributed by atoms with Gasteiger partial charge in [-0.25, -0.2) is 4.79 Å². The lowest BCUT2D eigenvalue weighted by Crippen LogP contribution is -2.60. The molecule has 398 valence electrons. The minimum Gasteiger partial charge on any atom is -0.460 e. The second-order valence-electron chi connectivity index (χ2n) is 21.6. The quantitative estimate of drug-likeness (QED) is 0.0978. The molecule has 1 amide bonds. The average Bonchev–Trinajstić information content (AvgIpc) is 3.36. The van der Waals surface area contributed by atoms with E-state index in [1.54, 1.807) is 65.1 Å². The number of allylic oxidation sites excluding steroid dienone is 7. The smallest absolute Gasteiger partial charge is 0.329 e. The van der Waals surface area contributed by atoms with Gasteiger partial charge < -0.3 is 39.2 Å². The summed E-state index contributed by atoms with van der Waals surface area (Å²) >= 11 is 0. The summed E-state index contributed by atoms with van der Waals surface area (Å²) in [7, 11) is 2.93. The molecule has 0 unspecified atom stereocenters. The number of piperidine rings is 1. The molecular formula is C58H83NO13. The Morgan fingerprint density at radius 3 is 2.28 bits per heavy atom. The van der Waals surface area contributed by atoms with E-state index in [9.17, 15) is 44.1 Å². The van der Waals surface area contributed by atoms with E-state index in [-0.39, 0.29) is 79.4 Å². The predicted octanol–water partition coefficient (Wildman–Crippen LogP) is 8.05. The maximum atomic E-state index is 14.5. The van der Waals surface area contributed by atoms with Crippen molar-refractivity contribution >= 4 is 35.0 Å². The monoisotopic (exact) mass is 1000 g/mol. The number of nitrogens with zero attached hydrogens (tertiary/aromatic N) is 1. The van der Waals surface area contributed by atoms with Gasteiger partial charge in [0.2, 0.25) is 5.79 Å². The molecule has 1 aromatic rings. The van der Waals surface area contributed by atoms with Crippen LogP contribution in [0.15, 0.2) is 77.9 Å². The fourth-order valence-electron chi connectivity index (χ4n) is 11.2. The van der Waals surface area contributed by atoms with Gasteiger partial charge >= 0.3 is 5.97 Å². The Kier molecular flexibility index (Phi) is 22.1. The van der Waals surface area contributed by atoms with Crippen LogP contribution in [0, 0.1) is 41.4 Å². The van der Waals surface area contributed by atoms with E-state index in [1.807, 2.05) is 57.2 Å². The van der Waals surface area contributed by atoms with Crippen LogP contribution in [0.2, 0.25) is 0 Å². The van der Waals surface area contributed by atoms with Crippen LogP contribution in [0.1, 0.15) is 142 Å². The number of Topliss-reactive ketones (excluding diaryl/α,β-unsaturated/α-hetero) is 4. The largest absolute Gasteiger partial charge is 0.460 e. The normalized spacial score (nSPS) is 37.5. The van der Waals surface area contributed by atoms with Crippen LogP contribution in [0.4, 0.5) is 0 Å². The first-order valence-electron chi connectivity index (χ1n) is 26.4. The van der Waals surface area contributed by atoms with Gasteiger partial charge in [-0.2, -0.15) is 0 Å². The molecule has 2 saturated heterocycles. The Morgan fingerprint density at radius 1 is 0.861 bits per heavy atom. The maximum Gasteiger partial charge on any atom is 0.329 e. The molecule has 14 heteroatoms. The van der Waals surface area contributed by atoms with E-state index in [0.29, 0.717) is 68.9 Å². The third-order valence-corrected chi connectivity index (χ3v) is 15.9. The molecule has 15 atom stereocenters. The summed E-state index contributed by atoms with van der Waals surface area (Å²) in [4.78, 5) is 86.3. The van der Waals surface area contributed by atoms with Crippen molar-refractivity contribution in [3.63, 3.8) is 0 Å². The van der Waals surface area contributed by atoms with Gasteiger partial charge in [0.1, 0.15) is 30.1 Å². The summed E-state index contributed by atoms with van der Waals surface area (Å²) < 4.78 is 23.8. The van der Waals surface area contributed by atoms with Gasteiger partial charge in [-0.15, -0.1) is 0 Å². The molecule has 4 aliphatic rings. The molecule has 72 heavy (non-hydrogen) atoms. The molecule has 3 aliphatic heterocycles. The first-order chi connectivity index (χ1) is 34.2. The van der Waals surface area contributed by atoms with E-state index < -0.39 is 77.8 Å². The summed E-state index contributed by atoms with van der Waals surface area (Å²) in [6, 6.07) is 7.80. The van der Waals surface area contributed by atoms with E-state index in [1.165, 1.54) is 12.0 Å². The highest BCUT2D eigenvalue weighted by Gasteiger charge is 2.53. The number of rotatable bonds is 8. The van der Waals surface area contributed by atoms with Gasteiger partial charge in [0.15, 0.2) is 11.6 Å². The highest BCUT2D eigenvalue weighted by Crippen LogP contribution is 2.39. The van der Waals surface area contributed by atoms with E-state index in [2.05, 4.69) is 0 Å². The highest BCUT2D eigenvalue weighted by atomic mass is 16.6. The summed E-state index contributed by atoms with van der Waals surface area (Å²) in [5, 5.41) is 34.2. The SMILES string of the molecule is CO[C@@H]1C[C@H](C[C@@H](C)[C@@H]2CC(=O)[C@H](C)/C=C(\C)[C@@H](O)[C@@H](OC)C(=O)[C@H](C)C[C@H](C)\C=C/C=C/C=C(\C)[C@@H](CC(=O)c3ccccc3)C[C@@H]3CC[C@@H](C)[C@@](O)(O3)C(=O)C(=O)N3CCCC[C@H]3C(=O)O2)CC[C@H]1O. The van der Waals surface area contributed by atoms with Crippen LogP contribution < -0.4 is 0 Å². The molecule has 0 spiro atoms. The van der Waals surface area contributed by atoms with Gasteiger partial charge in [-0.05, 0) is 114 Å². The number of cyclic esters (lactones) is 1. The number of carbonyl (C=O) groups excluding carboxylic acids is 6. The van der Waals surface area contributed by atoms with Gasteiger partial charge in [0.05, 0.1) is 18.3 Å². The highest BCUT2D eigenvalue weighted by molar-refractivity contribution is 6.39. The van der Waals surface area contributed by atoms with E-state index in [4.69, 9.17) is 18.9 Å². The number of aliphatic hydroxyl groups excluding tert-OH is 2. The number of benzene rings is 1. The standard InChI is InChI=1S/C58H83NO13/c1-35-18-12-10-13-19-36(2)44(33-49(62)43-20-14-11-15-21-43)32-45-25-23-41(7)58(68,72-45)55(65)56(66)59-27-17-16-22-46(59)57(67)71-50(38(4)30-42-24-26-47(60)51(31-42)69-8)34-48(61)37(3)29-40(6)53(64)54(70-9)52(63)39(5)28-35/h10-15,18-21,29,35,37-39,41-42,44-47,50-51,53-54,60,64,68H,16-17,22-28,30-34H2,1-9H3/b13-10+,18-12-,36-19+,40-29+/t35-,37-,38-,39-,41-,42+,44-,45+,46+,47-,50+,51-,53-,54+,58-/m1/s1. The van der Waals surface area contributed by atoms with Crippen LogP contribution in [-0.2, 0) is 42.9 Å². The number of ether oxygens (including phenoxy) is 4. The lowest BCUT2D eigenvalue weighted by atomic mass is 9.78. The number of aliphatic hydroxyl groups is 3. The van der Waals surface area contributed by atoms with Crippen molar-refractivity contribution < 1.29 is 63.0 Å². The van der Waals surface area contributed by atoms with Crippen molar-refractivity contribution in [2.45, 2.75) is 180 Å².